The van der Waals surface area contributed by atoms with Crippen molar-refractivity contribution in [3.63, 3.8) is 0 Å². The topological polar surface area (TPSA) is 83.6 Å². The predicted octanol–water partition coefficient (Wildman–Crippen LogP) is 1.58. The Morgan fingerprint density at radius 2 is 2.11 bits per heavy atom. The highest BCUT2D eigenvalue weighted by atomic mass is 16.5. The third-order valence-corrected chi connectivity index (χ3v) is 3.07. The van der Waals surface area contributed by atoms with Crippen LogP contribution in [-0.2, 0) is 6.42 Å². The van der Waals surface area contributed by atoms with Crippen LogP contribution in [0.3, 0.4) is 0 Å². The molecule has 0 fully saturated rings. The molecule has 0 radical (unpaired) electrons. The maximum Gasteiger partial charge on any atom is 0.358 e. The fourth-order valence-corrected chi connectivity index (χ4v) is 2.16. The number of anilines is 1. The normalized spacial score (nSPS) is 13.4. The number of carbonyl (C=O) groups excluding carboxylic acids is 1. The lowest BCUT2D eigenvalue weighted by atomic mass is 10.2. The van der Waals surface area contributed by atoms with Crippen LogP contribution in [0.2, 0.25) is 0 Å². The molecule has 1 aliphatic heterocycles. The van der Waals surface area contributed by atoms with Gasteiger partial charge in [-0.1, -0.05) is 23.4 Å². The number of carboxylic acids is 1. The van der Waals surface area contributed by atoms with Crippen LogP contribution in [0, 0.1) is 0 Å². The van der Waals surface area contributed by atoms with E-state index in [1.165, 1.54) is 0 Å². The molecule has 1 amide bonds. The molecule has 0 aliphatic carbocycles. The fraction of sp³-hybridized carbons (Fsp3) is 0.154. The number of para-hydroxylation sites is 1. The molecule has 2 heterocycles. The van der Waals surface area contributed by atoms with Crippen LogP contribution in [0.25, 0.3) is 0 Å². The second kappa shape index (κ2) is 4.24. The lowest BCUT2D eigenvalue weighted by molar-refractivity contribution is 0.0684. The lowest BCUT2D eigenvalue weighted by Crippen LogP contribution is -2.28. The number of aromatic nitrogens is 1. The van der Waals surface area contributed by atoms with Crippen LogP contribution < -0.4 is 4.90 Å². The highest BCUT2D eigenvalue weighted by molar-refractivity contribution is 6.06. The van der Waals surface area contributed by atoms with Crippen LogP contribution in [0.5, 0.6) is 0 Å². The Kier molecular flexibility index (Phi) is 2.56. The summed E-state index contributed by atoms with van der Waals surface area (Å²) >= 11 is 0. The number of hydrogen-bond acceptors (Lipinski definition) is 4. The summed E-state index contributed by atoms with van der Waals surface area (Å²) in [5, 5.41) is 12.1. The van der Waals surface area contributed by atoms with Crippen LogP contribution >= 0.6 is 0 Å². The Morgan fingerprint density at radius 3 is 2.84 bits per heavy atom. The molecule has 0 spiro atoms. The first-order valence-electron chi connectivity index (χ1n) is 5.76. The summed E-state index contributed by atoms with van der Waals surface area (Å²) in [6.45, 7) is 0.557. The minimum absolute atomic E-state index is 0.0610. The lowest BCUT2D eigenvalue weighted by Gasteiger charge is -2.14. The molecule has 1 aromatic carbocycles. The van der Waals surface area contributed by atoms with Gasteiger partial charge in [0, 0.05) is 18.3 Å². The molecule has 19 heavy (non-hydrogen) atoms. The highest BCUT2D eigenvalue weighted by Crippen LogP contribution is 2.28. The molecule has 96 valence electrons. The van der Waals surface area contributed by atoms with E-state index in [1.807, 2.05) is 24.3 Å². The first kappa shape index (κ1) is 11.5. The molecule has 3 rings (SSSR count). The van der Waals surface area contributed by atoms with E-state index in [9.17, 15) is 9.59 Å². The van der Waals surface area contributed by atoms with Gasteiger partial charge in [-0.15, -0.1) is 0 Å². The number of nitrogens with zero attached hydrogens (tertiary/aromatic N) is 2. The Bertz CT molecular complexity index is 662. The number of hydrogen-bond donors (Lipinski definition) is 1. The van der Waals surface area contributed by atoms with Gasteiger partial charge >= 0.3 is 5.97 Å². The molecule has 0 saturated heterocycles. The summed E-state index contributed by atoms with van der Waals surface area (Å²) < 4.78 is 4.79. The standard InChI is InChI=1S/C13H10N2O4/c16-12(11-7-9(13(17)18)14-19-11)15-6-5-8-3-1-2-4-10(8)15/h1-4,7H,5-6H2,(H,17,18). The largest absolute Gasteiger partial charge is 0.476 e. The third-order valence-electron chi connectivity index (χ3n) is 3.07. The summed E-state index contributed by atoms with van der Waals surface area (Å²) in [4.78, 5) is 24.5. The summed E-state index contributed by atoms with van der Waals surface area (Å²) in [7, 11) is 0. The molecule has 1 aliphatic rings. The van der Waals surface area contributed by atoms with Gasteiger partial charge in [-0.3, -0.25) is 4.79 Å². The van der Waals surface area contributed by atoms with Gasteiger partial charge in [-0.2, -0.15) is 0 Å². The quantitative estimate of drug-likeness (QED) is 0.884. The predicted molar refractivity (Wildman–Crippen MR) is 65.3 cm³/mol. The number of fused-ring (bicyclic) bond motifs is 1. The Hall–Kier alpha value is -2.63. The van der Waals surface area contributed by atoms with E-state index in [0.29, 0.717) is 6.54 Å². The van der Waals surface area contributed by atoms with Gasteiger partial charge in [-0.05, 0) is 18.1 Å². The van der Waals surface area contributed by atoms with Crippen molar-refractivity contribution in [2.45, 2.75) is 6.42 Å². The highest BCUT2D eigenvalue weighted by Gasteiger charge is 2.28. The molecule has 2 aromatic rings. The summed E-state index contributed by atoms with van der Waals surface area (Å²) in [5.74, 6) is -1.65. The maximum atomic E-state index is 12.2. The molecule has 6 nitrogen and oxygen atoms in total. The molecular formula is C13H10N2O4. The smallest absolute Gasteiger partial charge is 0.358 e. The average molecular weight is 258 g/mol. The Labute approximate surface area is 108 Å². The van der Waals surface area contributed by atoms with Crippen LogP contribution in [0.4, 0.5) is 5.69 Å². The molecule has 0 bridgehead atoms. The van der Waals surface area contributed by atoms with Crippen molar-refractivity contribution < 1.29 is 19.2 Å². The zero-order valence-electron chi connectivity index (χ0n) is 9.87. The van der Waals surface area contributed by atoms with E-state index < -0.39 is 5.97 Å². The van der Waals surface area contributed by atoms with Gasteiger partial charge in [0.2, 0.25) is 5.76 Å². The van der Waals surface area contributed by atoms with Gasteiger partial charge in [0.15, 0.2) is 5.69 Å². The van der Waals surface area contributed by atoms with E-state index in [1.54, 1.807) is 4.90 Å². The molecule has 1 aromatic heterocycles. The SMILES string of the molecule is O=C(O)c1cc(C(=O)N2CCc3ccccc32)on1. The average Bonchev–Trinajstić information content (AvgIpc) is 3.05. The molecular weight excluding hydrogens is 248 g/mol. The van der Waals surface area contributed by atoms with Crippen LogP contribution in [0.15, 0.2) is 34.9 Å². The van der Waals surface area contributed by atoms with Crippen LogP contribution in [0.1, 0.15) is 26.6 Å². The van der Waals surface area contributed by atoms with Crippen LogP contribution in [-0.4, -0.2) is 28.7 Å². The molecule has 6 heteroatoms. The summed E-state index contributed by atoms with van der Waals surface area (Å²) in [6, 6.07) is 8.74. The number of amides is 1. The van der Waals surface area contributed by atoms with Crippen molar-refractivity contribution in [1.82, 2.24) is 5.16 Å². The number of carbonyl (C=O) groups is 2. The molecule has 0 atom stereocenters. The third kappa shape index (κ3) is 1.87. The minimum Gasteiger partial charge on any atom is -0.476 e. The van der Waals surface area contributed by atoms with Crippen molar-refractivity contribution in [2.24, 2.45) is 0 Å². The first-order chi connectivity index (χ1) is 9.16. The number of aromatic carboxylic acids is 1. The van der Waals surface area contributed by atoms with Gasteiger partial charge in [0.1, 0.15) is 0 Å². The van der Waals surface area contributed by atoms with Gasteiger partial charge in [0.25, 0.3) is 5.91 Å². The number of benzene rings is 1. The van der Waals surface area contributed by atoms with E-state index in [2.05, 4.69) is 5.16 Å². The fourth-order valence-electron chi connectivity index (χ4n) is 2.16. The van der Waals surface area contributed by atoms with Crippen molar-refractivity contribution in [3.05, 3.63) is 47.3 Å². The van der Waals surface area contributed by atoms with Gasteiger partial charge in [0.05, 0.1) is 0 Å². The zero-order valence-corrected chi connectivity index (χ0v) is 9.87. The minimum atomic E-state index is -1.22. The molecule has 0 unspecified atom stereocenters. The Morgan fingerprint density at radius 1 is 1.32 bits per heavy atom. The van der Waals surface area contributed by atoms with E-state index >= 15 is 0 Å². The van der Waals surface area contributed by atoms with Crippen molar-refractivity contribution in [3.8, 4) is 0 Å². The second-order valence-electron chi connectivity index (χ2n) is 4.22. The zero-order chi connectivity index (χ0) is 13.4. The van der Waals surface area contributed by atoms with E-state index in [4.69, 9.17) is 9.63 Å². The van der Waals surface area contributed by atoms with Gasteiger partial charge in [-0.25, -0.2) is 4.79 Å². The van der Waals surface area contributed by atoms with Crippen molar-refractivity contribution >= 4 is 17.6 Å². The Balaban J connectivity index is 1.91. The van der Waals surface area contributed by atoms with Gasteiger partial charge < -0.3 is 14.5 Å². The number of carboxylic acid groups (broad SMARTS) is 1. The maximum absolute atomic E-state index is 12.2. The second-order valence-corrected chi connectivity index (χ2v) is 4.22. The van der Waals surface area contributed by atoms with Crippen molar-refractivity contribution in [1.29, 1.82) is 0 Å². The molecule has 0 saturated carbocycles. The van der Waals surface area contributed by atoms with E-state index in [-0.39, 0.29) is 17.4 Å². The summed E-state index contributed by atoms with van der Waals surface area (Å²) in [6.07, 6.45) is 0.780. The summed E-state index contributed by atoms with van der Waals surface area (Å²) in [5.41, 5.74) is 1.66. The van der Waals surface area contributed by atoms with Crippen molar-refractivity contribution in [2.75, 3.05) is 11.4 Å². The first-order valence-corrected chi connectivity index (χ1v) is 5.76. The van der Waals surface area contributed by atoms with E-state index in [0.717, 1.165) is 23.7 Å². The number of rotatable bonds is 2. The monoisotopic (exact) mass is 258 g/mol. The molecule has 1 N–H and O–H groups in total.